The highest BCUT2D eigenvalue weighted by molar-refractivity contribution is 7.06. The number of pyridine rings is 1. The van der Waals surface area contributed by atoms with Crippen molar-refractivity contribution in [2.24, 2.45) is 5.92 Å². The average Bonchev–Trinajstić information content (AvgIpc) is 3.78. The van der Waals surface area contributed by atoms with Crippen LogP contribution in [0, 0.1) is 31.1 Å². The molecular formula is C36H42F4N10O2S. The van der Waals surface area contributed by atoms with Crippen molar-refractivity contribution in [2.45, 2.75) is 89.1 Å². The molecule has 1 aliphatic carbocycles. The highest BCUT2D eigenvalue weighted by atomic mass is 32.1. The first-order chi connectivity index (χ1) is 25.2. The molecule has 7 rings (SSSR count). The number of fused-ring (bicyclic) bond motifs is 2. The van der Waals surface area contributed by atoms with Gasteiger partial charge in [0, 0.05) is 50.2 Å². The Morgan fingerprint density at radius 2 is 1.98 bits per heavy atom. The second kappa shape index (κ2) is 14.4. The second-order valence-electron chi connectivity index (χ2n) is 14.7. The first kappa shape index (κ1) is 36.9. The van der Waals surface area contributed by atoms with Gasteiger partial charge in [-0.3, -0.25) is 9.69 Å². The summed E-state index contributed by atoms with van der Waals surface area (Å²) in [5.41, 5.74) is 6.00. The van der Waals surface area contributed by atoms with E-state index < -0.39 is 35.4 Å². The van der Waals surface area contributed by atoms with Gasteiger partial charge in [0.25, 0.3) is 0 Å². The van der Waals surface area contributed by atoms with Crippen molar-refractivity contribution in [3.63, 3.8) is 0 Å². The van der Waals surface area contributed by atoms with Crippen molar-refractivity contribution in [3.05, 3.63) is 51.1 Å². The first-order valence-corrected chi connectivity index (χ1v) is 18.7. The summed E-state index contributed by atoms with van der Waals surface area (Å²) in [7, 11) is 0. The Balaban J connectivity index is 1.22. The zero-order chi connectivity index (χ0) is 37.7. The van der Waals surface area contributed by atoms with E-state index in [4.69, 9.17) is 20.4 Å². The molecule has 0 radical (unpaired) electrons. The lowest BCUT2D eigenvalue weighted by Gasteiger charge is -2.42. The molecule has 6 heterocycles. The summed E-state index contributed by atoms with van der Waals surface area (Å²) in [6.45, 7) is 7.35. The first-order valence-electron chi connectivity index (χ1n) is 17.9. The zero-order valence-corrected chi connectivity index (χ0v) is 30.7. The fraction of sp³-hybridized carbons (Fsp3) is 0.583. The topological polar surface area (TPSA) is 150 Å². The summed E-state index contributed by atoms with van der Waals surface area (Å²) in [4.78, 5) is 37.4. The fourth-order valence-corrected chi connectivity index (χ4v) is 9.25. The van der Waals surface area contributed by atoms with Crippen LogP contribution < -0.4 is 15.4 Å². The highest BCUT2D eigenvalue weighted by Gasteiger charge is 2.50. The number of rotatable bonds is 8. The maximum Gasteiger partial charge on any atom is 0.418 e. The summed E-state index contributed by atoms with van der Waals surface area (Å²) in [6.07, 6.45) is 0.110. The van der Waals surface area contributed by atoms with Crippen LogP contribution in [0.4, 0.5) is 29.2 Å². The highest BCUT2D eigenvalue weighted by Crippen LogP contribution is 2.46. The van der Waals surface area contributed by atoms with Crippen LogP contribution in [0.3, 0.4) is 0 Å². The second-order valence-corrected chi connectivity index (χ2v) is 15.5. The molecule has 3 aromatic rings. The van der Waals surface area contributed by atoms with E-state index in [1.54, 1.807) is 17.9 Å². The third-order valence-corrected chi connectivity index (χ3v) is 11.9. The van der Waals surface area contributed by atoms with Crippen LogP contribution in [0.2, 0.25) is 0 Å². The number of aromatic nitrogens is 5. The maximum atomic E-state index is 14.6. The number of carbonyl (C=O) groups excluding carboxylic acids is 1. The largest absolute Gasteiger partial charge is 0.461 e. The number of anilines is 2. The summed E-state index contributed by atoms with van der Waals surface area (Å²) in [6, 6.07) is 3.05. The van der Waals surface area contributed by atoms with Crippen LogP contribution in [-0.4, -0.2) is 97.1 Å². The molecule has 0 saturated carbocycles. The third kappa shape index (κ3) is 7.40. The van der Waals surface area contributed by atoms with Gasteiger partial charge in [0.1, 0.15) is 35.2 Å². The molecule has 2 N–H and O–H groups in total. The van der Waals surface area contributed by atoms with Gasteiger partial charge in [0.15, 0.2) is 0 Å². The number of nitrogens with zero attached hydrogens (tertiary/aromatic N) is 9. The quantitative estimate of drug-likeness (QED) is 0.243. The van der Waals surface area contributed by atoms with Crippen molar-refractivity contribution in [1.82, 2.24) is 34.1 Å². The number of amides is 1. The van der Waals surface area contributed by atoms with Crippen LogP contribution >= 0.6 is 11.5 Å². The number of halogens is 4. The van der Waals surface area contributed by atoms with Gasteiger partial charge in [-0.15, -0.1) is 0 Å². The molecule has 0 spiro atoms. The number of piperazine rings is 1. The van der Waals surface area contributed by atoms with Gasteiger partial charge in [-0.05, 0) is 81.2 Å². The zero-order valence-electron chi connectivity index (χ0n) is 29.9. The molecule has 4 aliphatic rings. The Labute approximate surface area is 309 Å². The van der Waals surface area contributed by atoms with Crippen molar-refractivity contribution >= 4 is 35.2 Å². The lowest BCUT2D eigenvalue weighted by Crippen LogP contribution is -2.55. The monoisotopic (exact) mass is 754 g/mol. The Morgan fingerprint density at radius 1 is 1.17 bits per heavy atom. The molecule has 17 heteroatoms. The van der Waals surface area contributed by atoms with Crippen LogP contribution in [0.25, 0.3) is 6.08 Å². The molecule has 0 bridgehead atoms. The van der Waals surface area contributed by atoms with E-state index in [2.05, 4.69) is 25.3 Å². The number of hydrogen-bond donors (Lipinski definition) is 1. The molecule has 3 aromatic heterocycles. The standard InChI is InChI=1S/C36H42F4N10O2S/c1-20-13-26-27(15-25(20)32-31(36(38,39)40)21(2)14-28(42)45-32)44-34(52-19-35-8-4-10-49(35)17-23(37)16-35)46-33(26)48-11-12-50(24(18-48)7-9-41)30(51)6-5-29-43-22(3)47-53-29/h5-6,14,20,23-25H,4,7-8,10-13,15-19H2,1-3H3,(H2,42,45)/b6-5+/t20-,23+,24-,25-,35-/m0/s1. The van der Waals surface area contributed by atoms with E-state index >= 15 is 0 Å². The number of aryl methyl sites for hydroxylation is 2. The Hall–Kier alpha value is -4.43. The number of ether oxygens (including phenoxy) is 1. The van der Waals surface area contributed by atoms with E-state index in [-0.39, 0.29) is 54.4 Å². The molecule has 0 aromatic carbocycles. The number of nitrogens with two attached hydrogens (primary N) is 1. The van der Waals surface area contributed by atoms with Crippen LogP contribution in [0.5, 0.6) is 6.01 Å². The molecule has 3 fully saturated rings. The van der Waals surface area contributed by atoms with Gasteiger partial charge in [0.05, 0.1) is 41.0 Å². The molecule has 5 atom stereocenters. The Morgan fingerprint density at radius 3 is 2.72 bits per heavy atom. The van der Waals surface area contributed by atoms with Crippen molar-refractivity contribution in [3.8, 4) is 12.1 Å². The van der Waals surface area contributed by atoms with Crippen LogP contribution in [0.15, 0.2) is 12.1 Å². The molecule has 3 aliphatic heterocycles. The Bertz CT molecular complexity index is 1950. The van der Waals surface area contributed by atoms with Gasteiger partial charge >= 0.3 is 12.2 Å². The van der Waals surface area contributed by atoms with Crippen LogP contribution in [0.1, 0.15) is 77.4 Å². The minimum atomic E-state index is -4.63. The minimum Gasteiger partial charge on any atom is -0.461 e. The third-order valence-electron chi connectivity index (χ3n) is 11.1. The molecule has 53 heavy (non-hydrogen) atoms. The molecule has 282 valence electrons. The maximum absolute atomic E-state index is 14.6. The number of hydrogen-bond acceptors (Lipinski definition) is 12. The molecule has 12 nitrogen and oxygen atoms in total. The molecule has 3 saturated heterocycles. The molecule has 0 unspecified atom stereocenters. The van der Waals surface area contributed by atoms with Crippen molar-refractivity contribution in [1.29, 1.82) is 5.26 Å². The lowest BCUT2D eigenvalue weighted by molar-refractivity contribution is -0.139. The normalized spacial score (nSPS) is 26.2. The van der Waals surface area contributed by atoms with E-state index in [1.165, 1.54) is 30.6 Å². The predicted molar refractivity (Wildman–Crippen MR) is 190 cm³/mol. The summed E-state index contributed by atoms with van der Waals surface area (Å²) in [5, 5.41) is 10.4. The Kier molecular flexibility index (Phi) is 10.0. The van der Waals surface area contributed by atoms with Gasteiger partial charge in [0.2, 0.25) is 5.91 Å². The average molecular weight is 755 g/mol. The minimum absolute atomic E-state index is 0.0118. The number of alkyl halides is 4. The van der Waals surface area contributed by atoms with Gasteiger partial charge in [-0.25, -0.2) is 14.4 Å². The fourth-order valence-electron chi connectivity index (χ4n) is 8.68. The molecule has 1 amide bonds. The van der Waals surface area contributed by atoms with Gasteiger partial charge in [-0.2, -0.15) is 32.8 Å². The smallest absolute Gasteiger partial charge is 0.418 e. The predicted octanol–water partition coefficient (Wildman–Crippen LogP) is 5.06. The molecular weight excluding hydrogens is 713 g/mol. The SMILES string of the molecule is Cc1nsc(/C=C/C(=O)N2CCN(c3nc(OC[C@@]45CCCN4C[C@H](F)C5)nc4c3C[C@H](C)[C@@H](c3nc(N)cc(C)c3C(F)(F)F)C4)C[C@@H]2CC#N)n1. The number of carbonyl (C=O) groups is 1. The van der Waals surface area contributed by atoms with E-state index in [9.17, 15) is 27.6 Å². The number of nitrogen functional groups attached to an aromatic ring is 1. The van der Waals surface area contributed by atoms with E-state index in [0.29, 0.717) is 61.4 Å². The van der Waals surface area contributed by atoms with Gasteiger partial charge < -0.3 is 20.3 Å². The van der Waals surface area contributed by atoms with E-state index in [0.717, 1.165) is 24.9 Å². The van der Waals surface area contributed by atoms with Crippen molar-refractivity contribution in [2.75, 3.05) is 50.0 Å². The summed E-state index contributed by atoms with van der Waals surface area (Å²) in [5.74, 6) is 0.00947. The van der Waals surface area contributed by atoms with E-state index in [1.807, 2.05) is 11.8 Å². The lowest BCUT2D eigenvalue weighted by atomic mass is 9.75. The number of nitriles is 1. The summed E-state index contributed by atoms with van der Waals surface area (Å²) >= 11 is 1.19. The van der Waals surface area contributed by atoms with Crippen LogP contribution in [-0.2, 0) is 23.8 Å². The summed E-state index contributed by atoms with van der Waals surface area (Å²) < 4.78 is 68.5. The van der Waals surface area contributed by atoms with Crippen molar-refractivity contribution < 1.29 is 27.1 Å². The van der Waals surface area contributed by atoms with Gasteiger partial charge in [-0.1, -0.05) is 6.92 Å².